The monoisotopic (exact) mass is 742 g/mol. The zero-order valence-corrected chi connectivity index (χ0v) is 33.2. The maximum atomic E-state index is 11.5. The first-order valence-electron chi connectivity index (χ1n) is 22.2. The minimum atomic E-state index is -0.997. The number of hydrogen-bond acceptors (Lipinski definition) is 5. The van der Waals surface area contributed by atoms with Crippen LogP contribution in [0.5, 0.6) is 11.5 Å². The molecule has 2 aromatic carbocycles. The molecule has 0 aromatic heterocycles. The van der Waals surface area contributed by atoms with E-state index < -0.39 is 11.2 Å². The number of fused-ring (bicyclic) bond motifs is 10. The van der Waals surface area contributed by atoms with Gasteiger partial charge in [-0.05, 0) is 221 Å². The van der Waals surface area contributed by atoms with Crippen LogP contribution in [0, 0.1) is 59.2 Å². The number of terminal acetylenes is 2. The molecule has 4 N–H and O–H groups in total. The van der Waals surface area contributed by atoms with Gasteiger partial charge in [-0.2, -0.15) is 0 Å². The SMILES string of the molecule is C#C[C@]1(O)CC[C@H]2[C@@H]3CCc4cc(O)cc(C5CCC(OC6CCC(c7cc(O)cc8c7[C@H]7CCC9(C)[C@@H](CC[C@@]9(O)C#C)[C@@H]7CC8)C6)C5)c4[C@H]3CCC21C. The Kier molecular flexibility index (Phi) is 8.45. The fraction of sp³-hybridized carbons (Fsp3) is 0.680. The van der Waals surface area contributed by atoms with Crippen LogP contribution in [-0.4, -0.2) is 43.8 Å². The fourth-order valence-corrected chi connectivity index (χ4v) is 15.6. The Morgan fingerprint density at radius 3 is 1.44 bits per heavy atom. The van der Waals surface area contributed by atoms with Crippen molar-refractivity contribution in [2.75, 3.05) is 0 Å². The molecule has 8 aliphatic rings. The third-order valence-corrected chi connectivity index (χ3v) is 18.5. The van der Waals surface area contributed by atoms with Gasteiger partial charge in [-0.3, -0.25) is 0 Å². The maximum absolute atomic E-state index is 11.5. The summed E-state index contributed by atoms with van der Waals surface area (Å²) >= 11 is 0. The van der Waals surface area contributed by atoms with Crippen molar-refractivity contribution >= 4 is 0 Å². The molecule has 10 rings (SSSR count). The number of aromatic hydroxyl groups is 2. The largest absolute Gasteiger partial charge is 0.508 e. The number of phenols is 2. The molecule has 6 saturated carbocycles. The van der Waals surface area contributed by atoms with E-state index in [0.717, 1.165) is 103 Å². The summed E-state index contributed by atoms with van der Waals surface area (Å²) in [6.07, 6.45) is 30.3. The van der Waals surface area contributed by atoms with Gasteiger partial charge in [-0.1, -0.05) is 25.7 Å². The highest BCUT2D eigenvalue weighted by Gasteiger charge is 2.63. The van der Waals surface area contributed by atoms with Crippen molar-refractivity contribution in [3.63, 3.8) is 0 Å². The first kappa shape index (κ1) is 36.4. The summed E-state index contributed by atoms with van der Waals surface area (Å²) in [6, 6.07) is 8.25. The Labute approximate surface area is 329 Å². The van der Waals surface area contributed by atoms with E-state index in [1.165, 1.54) is 33.4 Å². The summed E-state index contributed by atoms with van der Waals surface area (Å²) in [5.41, 5.74) is 6.00. The predicted octanol–water partition coefficient (Wildman–Crippen LogP) is 9.53. The summed E-state index contributed by atoms with van der Waals surface area (Å²) in [5, 5.41) is 45.0. The first-order valence-corrected chi connectivity index (χ1v) is 22.2. The second-order valence-corrected chi connectivity index (χ2v) is 20.4. The summed E-state index contributed by atoms with van der Waals surface area (Å²) in [7, 11) is 0. The van der Waals surface area contributed by atoms with Crippen LogP contribution in [0.4, 0.5) is 0 Å². The quantitative estimate of drug-likeness (QED) is 0.235. The second kappa shape index (κ2) is 12.8. The minimum Gasteiger partial charge on any atom is -0.508 e. The highest BCUT2D eigenvalue weighted by molar-refractivity contribution is 5.50. The highest BCUT2D eigenvalue weighted by atomic mass is 16.5. The molecule has 5 nitrogen and oxygen atoms in total. The molecule has 0 saturated heterocycles. The van der Waals surface area contributed by atoms with Gasteiger partial charge < -0.3 is 25.2 Å². The second-order valence-electron chi connectivity index (χ2n) is 20.4. The van der Waals surface area contributed by atoms with E-state index >= 15 is 0 Å². The van der Waals surface area contributed by atoms with Crippen molar-refractivity contribution in [1.82, 2.24) is 0 Å². The number of ether oxygens (including phenoxy) is 1. The van der Waals surface area contributed by atoms with Gasteiger partial charge in [-0.25, -0.2) is 0 Å². The number of aliphatic hydroxyl groups is 2. The molecule has 6 unspecified atom stereocenters. The average molecular weight is 743 g/mol. The lowest BCUT2D eigenvalue weighted by Gasteiger charge is -2.52. The van der Waals surface area contributed by atoms with E-state index in [1.54, 1.807) is 0 Å². The predicted molar refractivity (Wildman–Crippen MR) is 215 cm³/mol. The smallest absolute Gasteiger partial charge is 0.130 e. The molecule has 0 amide bonds. The van der Waals surface area contributed by atoms with Crippen molar-refractivity contribution in [3.05, 3.63) is 57.6 Å². The molecule has 8 aliphatic carbocycles. The zero-order chi connectivity index (χ0) is 38.1. The number of aryl methyl sites for hydroxylation is 2. The summed E-state index contributed by atoms with van der Waals surface area (Å²) in [5.74, 6) is 10.1. The van der Waals surface area contributed by atoms with Gasteiger partial charge in [0.2, 0.25) is 0 Å². The lowest BCUT2D eigenvalue weighted by Crippen LogP contribution is -2.50. The molecule has 6 fully saturated rings. The molecule has 14 atom stereocenters. The maximum Gasteiger partial charge on any atom is 0.130 e. The van der Waals surface area contributed by atoms with E-state index in [2.05, 4.69) is 37.8 Å². The average Bonchev–Trinajstić information content (AvgIpc) is 3.96. The topological polar surface area (TPSA) is 90.2 Å². The van der Waals surface area contributed by atoms with Crippen molar-refractivity contribution in [1.29, 1.82) is 0 Å². The molecular weight excluding hydrogens is 681 g/mol. The van der Waals surface area contributed by atoms with Crippen molar-refractivity contribution in [2.45, 2.75) is 177 Å². The first-order chi connectivity index (χ1) is 26.4. The Hall–Kier alpha value is -2.96. The van der Waals surface area contributed by atoms with Crippen LogP contribution in [0.3, 0.4) is 0 Å². The van der Waals surface area contributed by atoms with Gasteiger partial charge in [-0.15, -0.1) is 12.8 Å². The fourth-order valence-electron chi connectivity index (χ4n) is 15.6. The van der Waals surface area contributed by atoms with Crippen LogP contribution in [-0.2, 0) is 17.6 Å². The molecule has 2 aromatic rings. The Morgan fingerprint density at radius 1 is 0.582 bits per heavy atom. The van der Waals surface area contributed by atoms with Crippen LogP contribution in [0.2, 0.25) is 0 Å². The molecule has 5 heteroatoms. The number of rotatable bonds is 4. The van der Waals surface area contributed by atoms with Crippen molar-refractivity contribution < 1.29 is 25.2 Å². The normalized spacial score (nSPS) is 45.3. The zero-order valence-electron chi connectivity index (χ0n) is 33.2. The van der Waals surface area contributed by atoms with Crippen LogP contribution in [0.15, 0.2) is 24.3 Å². The summed E-state index contributed by atoms with van der Waals surface area (Å²) in [6.45, 7) is 4.52. The third-order valence-electron chi connectivity index (χ3n) is 18.5. The Bertz CT molecular complexity index is 1830. The molecule has 0 spiro atoms. The van der Waals surface area contributed by atoms with Gasteiger partial charge >= 0.3 is 0 Å². The van der Waals surface area contributed by atoms with Crippen LogP contribution in [0.1, 0.15) is 174 Å². The van der Waals surface area contributed by atoms with E-state index in [0.29, 0.717) is 71.7 Å². The molecule has 0 heterocycles. The van der Waals surface area contributed by atoms with Gasteiger partial charge in [0.05, 0.1) is 12.2 Å². The standard InChI is InChI=1S/C50H62O5/c1-5-49(53)21-17-43-37-13-9-31-23-33(51)27-41(45(31)39(37)15-19-47(43,49)3)29-7-11-35(25-29)55-36-12-8-30(26-36)42-28-34(52)24-32-10-14-38-40(46(32)42)16-20-48(4)44(38)18-22-50(48,54)6-2/h1-2,23-24,27-30,35-40,43-44,51-54H,7-22,25-26H2,3-4H3/t29?,30?,35?,36?,37-,38-,39+,40+,43+,44+,47?,48?,49+,50+/m1/s1. The van der Waals surface area contributed by atoms with Crippen LogP contribution in [0.25, 0.3) is 0 Å². The van der Waals surface area contributed by atoms with Crippen molar-refractivity contribution in [2.24, 2.45) is 34.5 Å². The minimum absolute atomic E-state index is 0.217. The number of hydrogen-bond donors (Lipinski definition) is 4. The lowest BCUT2D eigenvalue weighted by atomic mass is 9.53. The Balaban J connectivity index is 0.846. The summed E-state index contributed by atoms with van der Waals surface area (Å²) in [4.78, 5) is 0. The molecule has 0 bridgehead atoms. The van der Waals surface area contributed by atoms with Gasteiger partial charge in [0.25, 0.3) is 0 Å². The van der Waals surface area contributed by atoms with Gasteiger partial charge in [0, 0.05) is 10.8 Å². The van der Waals surface area contributed by atoms with Crippen molar-refractivity contribution in [3.8, 4) is 36.2 Å². The van der Waals surface area contributed by atoms with E-state index in [4.69, 9.17) is 17.6 Å². The van der Waals surface area contributed by atoms with E-state index in [1.807, 2.05) is 12.1 Å². The molecule has 0 aliphatic heterocycles. The van der Waals surface area contributed by atoms with E-state index in [9.17, 15) is 20.4 Å². The molecule has 0 radical (unpaired) electrons. The molecular formula is C50H62O5. The van der Waals surface area contributed by atoms with Gasteiger partial charge in [0.1, 0.15) is 22.7 Å². The highest BCUT2D eigenvalue weighted by Crippen LogP contribution is 2.67. The molecule has 55 heavy (non-hydrogen) atoms. The Morgan fingerprint density at radius 2 is 1.02 bits per heavy atom. The van der Waals surface area contributed by atoms with Crippen LogP contribution >= 0.6 is 0 Å². The molecule has 292 valence electrons. The van der Waals surface area contributed by atoms with Crippen LogP contribution < -0.4 is 0 Å². The third kappa shape index (κ3) is 5.24. The number of benzene rings is 2. The summed E-state index contributed by atoms with van der Waals surface area (Å²) < 4.78 is 7.03. The van der Waals surface area contributed by atoms with Gasteiger partial charge in [0.15, 0.2) is 0 Å². The number of phenolic OH excluding ortho intramolecular Hbond substituents is 2. The van der Waals surface area contributed by atoms with E-state index in [-0.39, 0.29) is 23.0 Å². The lowest BCUT2D eigenvalue weighted by molar-refractivity contribution is -0.0648.